The fourth-order valence-corrected chi connectivity index (χ4v) is 2.81. The number of carbonyl (C=O) groups excluding carboxylic acids is 2. The van der Waals surface area contributed by atoms with Gasteiger partial charge in [-0.3, -0.25) is 4.79 Å². The number of aromatic nitrogens is 1. The lowest BCUT2D eigenvalue weighted by Gasteiger charge is -2.09. The van der Waals surface area contributed by atoms with E-state index in [1.807, 2.05) is 42.5 Å². The van der Waals surface area contributed by atoms with Crippen molar-refractivity contribution < 1.29 is 19.1 Å². The molecule has 0 aliphatic heterocycles. The van der Waals surface area contributed by atoms with E-state index in [0.717, 1.165) is 11.1 Å². The lowest BCUT2D eigenvalue weighted by molar-refractivity contribution is -0.149. The van der Waals surface area contributed by atoms with E-state index in [4.69, 9.17) is 32.7 Å². The van der Waals surface area contributed by atoms with Gasteiger partial charge in [-0.15, -0.1) is 0 Å². The van der Waals surface area contributed by atoms with Crippen molar-refractivity contribution in [1.82, 2.24) is 4.98 Å². The number of hydrogen-bond donors (Lipinski definition) is 1. The zero-order valence-corrected chi connectivity index (χ0v) is 16.6. The highest BCUT2D eigenvalue weighted by atomic mass is 35.5. The van der Waals surface area contributed by atoms with Crippen molar-refractivity contribution in [2.45, 2.75) is 0 Å². The average Bonchev–Trinajstić information content (AvgIpc) is 2.74. The van der Waals surface area contributed by atoms with Crippen LogP contribution in [0, 0.1) is 0 Å². The number of halogens is 2. The number of hydrogen-bond acceptors (Lipinski definition) is 5. The van der Waals surface area contributed by atoms with Gasteiger partial charge in [0.1, 0.15) is 5.75 Å². The first-order chi connectivity index (χ1) is 14.0. The van der Waals surface area contributed by atoms with Gasteiger partial charge in [0.25, 0.3) is 5.91 Å². The second-order valence-electron chi connectivity index (χ2n) is 5.87. The summed E-state index contributed by atoms with van der Waals surface area (Å²) in [6.45, 7) is -0.812. The van der Waals surface area contributed by atoms with Crippen molar-refractivity contribution in [3.05, 3.63) is 76.9 Å². The number of benzene rings is 2. The van der Waals surface area contributed by atoms with Gasteiger partial charge in [0, 0.05) is 6.20 Å². The molecule has 0 spiro atoms. The van der Waals surface area contributed by atoms with Crippen LogP contribution in [0.15, 0.2) is 66.9 Å². The smallest absolute Gasteiger partial charge is 0.344 e. The number of esters is 1. The monoisotopic (exact) mass is 430 g/mol. The van der Waals surface area contributed by atoms with Crippen molar-refractivity contribution in [2.24, 2.45) is 0 Å². The van der Waals surface area contributed by atoms with Gasteiger partial charge in [-0.2, -0.15) is 0 Å². The Hall–Kier alpha value is -3.09. The first-order valence-electron chi connectivity index (χ1n) is 8.56. The summed E-state index contributed by atoms with van der Waals surface area (Å²) >= 11 is 11.7. The van der Waals surface area contributed by atoms with Crippen molar-refractivity contribution in [2.75, 3.05) is 18.5 Å². The van der Waals surface area contributed by atoms with Gasteiger partial charge in [0.2, 0.25) is 0 Å². The lowest BCUT2D eigenvalue weighted by Crippen LogP contribution is -2.24. The topological polar surface area (TPSA) is 77.5 Å². The van der Waals surface area contributed by atoms with Crippen molar-refractivity contribution >= 4 is 40.9 Å². The molecule has 3 aromatic rings. The van der Waals surface area contributed by atoms with E-state index in [-0.39, 0.29) is 17.4 Å². The van der Waals surface area contributed by atoms with Crippen LogP contribution in [0.2, 0.25) is 10.0 Å². The maximum atomic E-state index is 11.8. The summed E-state index contributed by atoms with van der Waals surface area (Å²) in [4.78, 5) is 27.5. The molecule has 1 heterocycles. The fraction of sp³-hybridized carbons (Fsp3) is 0.0952. The molecule has 0 aliphatic carbocycles. The largest absolute Gasteiger partial charge is 0.482 e. The van der Waals surface area contributed by atoms with Crippen molar-refractivity contribution in [3.8, 4) is 16.9 Å². The van der Waals surface area contributed by atoms with Crippen molar-refractivity contribution in [1.29, 1.82) is 0 Å². The zero-order valence-electron chi connectivity index (χ0n) is 15.1. The van der Waals surface area contributed by atoms with Crippen LogP contribution in [0.25, 0.3) is 11.1 Å². The molecule has 1 aromatic heterocycles. The number of anilines is 1. The Labute approximate surface area is 177 Å². The highest BCUT2D eigenvalue weighted by Crippen LogP contribution is 2.23. The van der Waals surface area contributed by atoms with Gasteiger partial charge in [0.05, 0.1) is 10.0 Å². The van der Waals surface area contributed by atoms with E-state index < -0.39 is 18.5 Å². The summed E-state index contributed by atoms with van der Waals surface area (Å²) in [6.07, 6.45) is 1.34. The predicted octanol–water partition coefficient (Wildman–Crippen LogP) is 4.62. The Bertz CT molecular complexity index is 995. The van der Waals surface area contributed by atoms with E-state index in [1.165, 1.54) is 12.3 Å². The summed E-state index contributed by atoms with van der Waals surface area (Å²) in [5.74, 6) is -0.611. The van der Waals surface area contributed by atoms with Crippen LogP contribution in [0.1, 0.15) is 0 Å². The highest BCUT2D eigenvalue weighted by Gasteiger charge is 2.11. The fourth-order valence-electron chi connectivity index (χ4n) is 2.38. The highest BCUT2D eigenvalue weighted by molar-refractivity contribution is 6.36. The number of amides is 1. The summed E-state index contributed by atoms with van der Waals surface area (Å²) in [7, 11) is 0. The first-order valence-corrected chi connectivity index (χ1v) is 9.31. The number of pyridine rings is 1. The predicted molar refractivity (Wildman–Crippen MR) is 111 cm³/mol. The van der Waals surface area contributed by atoms with E-state index in [2.05, 4.69) is 10.3 Å². The second-order valence-corrected chi connectivity index (χ2v) is 6.72. The molecule has 1 N–H and O–H groups in total. The number of ether oxygens (including phenoxy) is 2. The van der Waals surface area contributed by atoms with Crippen molar-refractivity contribution in [3.63, 3.8) is 0 Å². The van der Waals surface area contributed by atoms with Crippen LogP contribution in [0.4, 0.5) is 5.82 Å². The maximum absolute atomic E-state index is 11.8. The Morgan fingerprint density at radius 3 is 2.31 bits per heavy atom. The molecule has 3 rings (SSSR count). The number of carbonyl (C=O) groups is 2. The minimum absolute atomic E-state index is 0.131. The van der Waals surface area contributed by atoms with Gasteiger partial charge in [-0.25, -0.2) is 9.78 Å². The third-order valence-corrected chi connectivity index (χ3v) is 4.24. The number of nitrogens with one attached hydrogen (secondary N) is 1. The van der Waals surface area contributed by atoms with E-state index in [9.17, 15) is 9.59 Å². The average molecular weight is 431 g/mol. The van der Waals surface area contributed by atoms with Crippen LogP contribution >= 0.6 is 23.2 Å². The number of nitrogens with zero attached hydrogens (tertiary/aromatic N) is 1. The molecule has 0 atom stereocenters. The molecule has 0 radical (unpaired) electrons. The molecule has 29 heavy (non-hydrogen) atoms. The Morgan fingerprint density at radius 1 is 0.931 bits per heavy atom. The molecule has 0 aliphatic rings. The molecule has 1 amide bonds. The molecule has 0 saturated carbocycles. The minimum atomic E-state index is -0.678. The van der Waals surface area contributed by atoms with E-state index >= 15 is 0 Å². The van der Waals surface area contributed by atoms with Gasteiger partial charge < -0.3 is 14.8 Å². The Balaban J connectivity index is 1.43. The molecule has 0 bridgehead atoms. The summed E-state index contributed by atoms with van der Waals surface area (Å²) in [6, 6.07) is 18.6. The van der Waals surface area contributed by atoms with Crippen LogP contribution in [0.3, 0.4) is 0 Å². The molecule has 8 heteroatoms. The van der Waals surface area contributed by atoms with Crippen LogP contribution < -0.4 is 10.1 Å². The quantitative estimate of drug-likeness (QED) is 0.553. The summed E-state index contributed by atoms with van der Waals surface area (Å²) in [5, 5.41) is 2.95. The number of rotatable bonds is 7. The van der Waals surface area contributed by atoms with Gasteiger partial charge in [-0.1, -0.05) is 65.7 Å². The Morgan fingerprint density at radius 2 is 1.62 bits per heavy atom. The standard InChI is InChI=1S/C21H16Cl2N2O4/c22-16-10-18(23)21(24-11-16)25-19(26)12-29-20(27)13-28-17-8-6-15(7-9-17)14-4-2-1-3-5-14/h1-11H,12-13H2,(H,24,25,26). The Kier molecular flexibility index (Phi) is 7.05. The third kappa shape index (κ3) is 6.20. The van der Waals surface area contributed by atoms with Crippen LogP contribution in [-0.4, -0.2) is 30.1 Å². The zero-order chi connectivity index (χ0) is 20.6. The normalized spacial score (nSPS) is 10.3. The molecule has 0 saturated heterocycles. The molecule has 2 aromatic carbocycles. The van der Waals surface area contributed by atoms with Crippen LogP contribution in [0.5, 0.6) is 5.75 Å². The molecule has 0 fully saturated rings. The SMILES string of the molecule is O=C(COC(=O)COc1ccc(-c2ccccc2)cc1)Nc1ncc(Cl)cc1Cl. The first kappa shape index (κ1) is 20.6. The summed E-state index contributed by atoms with van der Waals surface area (Å²) < 4.78 is 10.3. The maximum Gasteiger partial charge on any atom is 0.344 e. The van der Waals surface area contributed by atoms with Gasteiger partial charge in [0.15, 0.2) is 19.0 Å². The summed E-state index contributed by atoms with van der Waals surface area (Å²) in [5.41, 5.74) is 2.12. The molecule has 6 nitrogen and oxygen atoms in total. The molecular formula is C21H16Cl2N2O4. The van der Waals surface area contributed by atoms with Gasteiger partial charge >= 0.3 is 5.97 Å². The second kappa shape index (κ2) is 9.91. The molecule has 148 valence electrons. The van der Waals surface area contributed by atoms with Gasteiger partial charge in [-0.05, 0) is 29.3 Å². The third-order valence-electron chi connectivity index (χ3n) is 3.75. The van der Waals surface area contributed by atoms with E-state index in [1.54, 1.807) is 12.1 Å². The molecular weight excluding hydrogens is 415 g/mol. The van der Waals surface area contributed by atoms with E-state index in [0.29, 0.717) is 10.8 Å². The lowest BCUT2D eigenvalue weighted by atomic mass is 10.1. The minimum Gasteiger partial charge on any atom is -0.482 e. The molecule has 0 unspecified atom stereocenters. The van der Waals surface area contributed by atoms with Crippen LogP contribution in [-0.2, 0) is 14.3 Å².